The number of carboxylic acids is 1. The third-order valence-corrected chi connectivity index (χ3v) is 8.13. The molecular formula is C36H68O4. The molecule has 0 aliphatic rings. The summed E-state index contributed by atoms with van der Waals surface area (Å²) in [4.78, 5) is 11.7. The highest BCUT2D eigenvalue weighted by atomic mass is 16.4. The Kier molecular flexibility index (Phi) is 29.9. The van der Waals surface area contributed by atoms with Crippen molar-refractivity contribution in [2.45, 2.75) is 193 Å². The van der Waals surface area contributed by atoms with Crippen LogP contribution in [0.4, 0.5) is 0 Å². The second kappa shape index (κ2) is 30.8. The number of aliphatic hydroxyl groups is 2. The highest BCUT2D eigenvalue weighted by molar-refractivity contribution is 5.69. The number of unbranched alkanes of at least 4 members (excludes halogenated alkanes) is 16. The van der Waals surface area contributed by atoms with Crippen LogP contribution in [-0.4, -0.2) is 33.5 Å². The van der Waals surface area contributed by atoms with Crippen molar-refractivity contribution in [2.24, 2.45) is 5.92 Å². The van der Waals surface area contributed by atoms with Crippen LogP contribution in [0.1, 0.15) is 181 Å². The van der Waals surface area contributed by atoms with Gasteiger partial charge in [0.2, 0.25) is 0 Å². The average molecular weight is 565 g/mol. The van der Waals surface area contributed by atoms with E-state index in [2.05, 4.69) is 38.2 Å². The molecule has 0 rings (SSSR count). The zero-order chi connectivity index (χ0) is 29.5. The SMILES string of the molecule is CCCCCC[C@@H](O)C/C=C\CCCCCCCCC(CCCCCC/C=C\C[C@H](O)CCCCCC)C(=O)O. The molecule has 0 fully saturated rings. The molecule has 0 saturated carbocycles. The Labute approximate surface area is 249 Å². The fraction of sp³-hybridized carbons (Fsp3) is 0.861. The summed E-state index contributed by atoms with van der Waals surface area (Å²) >= 11 is 0. The van der Waals surface area contributed by atoms with Crippen molar-refractivity contribution in [2.75, 3.05) is 0 Å². The van der Waals surface area contributed by atoms with Gasteiger partial charge in [0, 0.05) is 0 Å². The minimum Gasteiger partial charge on any atom is -0.481 e. The first-order valence-corrected chi connectivity index (χ1v) is 17.4. The van der Waals surface area contributed by atoms with Gasteiger partial charge in [-0.25, -0.2) is 0 Å². The second-order valence-corrected chi connectivity index (χ2v) is 12.1. The largest absolute Gasteiger partial charge is 0.481 e. The quantitative estimate of drug-likeness (QED) is 0.0578. The molecule has 3 atom stereocenters. The van der Waals surface area contributed by atoms with Crippen molar-refractivity contribution in [1.82, 2.24) is 0 Å². The fourth-order valence-corrected chi connectivity index (χ4v) is 5.35. The van der Waals surface area contributed by atoms with Crippen LogP contribution in [0.15, 0.2) is 24.3 Å². The van der Waals surface area contributed by atoms with E-state index in [0.29, 0.717) is 0 Å². The van der Waals surface area contributed by atoms with Gasteiger partial charge in [-0.3, -0.25) is 4.79 Å². The lowest BCUT2D eigenvalue weighted by Gasteiger charge is -2.12. The van der Waals surface area contributed by atoms with Gasteiger partial charge in [0.05, 0.1) is 18.1 Å². The summed E-state index contributed by atoms with van der Waals surface area (Å²) in [5.74, 6) is -0.792. The Hall–Kier alpha value is -1.13. The molecule has 4 nitrogen and oxygen atoms in total. The maximum absolute atomic E-state index is 11.7. The van der Waals surface area contributed by atoms with Crippen LogP contribution in [0, 0.1) is 5.92 Å². The van der Waals surface area contributed by atoms with Gasteiger partial charge in [-0.05, 0) is 64.2 Å². The molecule has 236 valence electrons. The number of aliphatic carboxylic acids is 1. The van der Waals surface area contributed by atoms with E-state index >= 15 is 0 Å². The van der Waals surface area contributed by atoms with Crippen LogP contribution >= 0.6 is 0 Å². The molecule has 0 aromatic carbocycles. The monoisotopic (exact) mass is 565 g/mol. The lowest BCUT2D eigenvalue weighted by Crippen LogP contribution is -2.13. The number of allylic oxidation sites excluding steroid dienone is 2. The van der Waals surface area contributed by atoms with E-state index in [9.17, 15) is 20.1 Å². The van der Waals surface area contributed by atoms with Gasteiger partial charge in [0.25, 0.3) is 0 Å². The van der Waals surface area contributed by atoms with E-state index in [1.807, 2.05) is 0 Å². The molecule has 0 aromatic heterocycles. The molecule has 0 bridgehead atoms. The topological polar surface area (TPSA) is 77.8 Å². The first kappa shape index (κ1) is 38.9. The van der Waals surface area contributed by atoms with Crippen molar-refractivity contribution in [3.8, 4) is 0 Å². The summed E-state index contributed by atoms with van der Waals surface area (Å²) < 4.78 is 0. The van der Waals surface area contributed by atoms with Crippen LogP contribution in [0.2, 0.25) is 0 Å². The summed E-state index contributed by atoms with van der Waals surface area (Å²) in [6.07, 6.45) is 36.8. The summed E-state index contributed by atoms with van der Waals surface area (Å²) in [5.41, 5.74) is 0. The van der Waals surface area contributed by atoms with Crippen LogP contribution < -0.4 is 0 Å². The lowest BCUT2D eigenvalue weighted by atomic mass is 9.94. The summed E-state index contributed by atoms with van der Waals surface area (Å²) in [6, 6.07) is 0. The molecule has 40 heavy (non-hydrogen) atoms. The number of rotatable bonds is 31. The van der Waals surface area contributed by atoms with Crippen LogP contribution in [0.3, 0.4) is 0 Å². The Morgan fingerprint density at radius 2 is 0.850 bits per heavy atom. The molecule has 0 heterocycles. The summed E-state index contributed by atoms with van der Waals surface area (Å²) in [6.45, 7) is 4.42. The molecule has 0 spiro atoms. The predicted molar refractivity (Wildman–Crippen MR) is 173 cm³/mol. The maximum atomic E-state index is 11.7. The molecule has 0 saturated heterocycles. The van der Waals surface area contributed by atoms with Crippen molar-refractivity contribution in [1.29, 1.82) is 0 Å². The van der Waals surface area contributed by atoms with Crippen molar-refractivity contribution in [3.63, 3.8) is 0 Å². The van der Waals surface area contributed by atoms with Gasteiger partial charge >= 0.3 is 5.97 Å². The molecule has 0 amide bonds. The Balaban J connectivity index is 3.61. The van der Waals surface area contributed by atoms with Gasteiger partial charge in [-0.2, -0.15) is 0 Å². The van der Waals surface area contributed by atoms with Crippen molar-refractivity contribution >= 4 is 5.97 Å². The molecule has 1 unspecified atom stereocenters. The highest BCUT2D eigenvalue weighted by Crippen LogP contribution is 2.20. The number of hydrogen-bond donors (Lipinski definition) is 3. The normalized spacial score (nSPS) is 14.3. The molecule has 0 aliphatic carbocycles. The number of hydrogen-bond acceptors (Lipinski definition) is 3. The summed E-state index contributed by atoms with van der Waals surface area (Å²) in [5, 5.41) is 29.6. The average Bonchev–Trinajstić information content (AvgIpc) is 2.94. The van der Waals surface area contributed by atoms with Crippen molar-refractivity contribution in [3.05, 3.63) is 24.3 Å². The van der Waals surface area contributed by atoms with E-state index in [1.54, 1.807) is 0 Å². The molecule has 3 N–H and O–H groups in total. The first-order chi connectivity index (χ1) is 19.5. The van der Waals surface area contributed by atoms with Crippen LogP contribution in [0.25, 0.3) is 0 Å². The Morgan fingerprint density at radius 1 is 0.500 bits per heavy atom. The second-order valence-electron chi connectivity index (χ2n) is 12.1. The first-order valence-electron chi connectivity index (χ1n) is 17.4. The molecule has 4 heteroatoms. The van der Waals surface area contributed by atoms with Crippen LogP contribution in [0.5, 0.6) is 0 Å². The smallest absolute Gasteiger partial charge is 0.306 e. The Bertz CT molecular complexity index is 585. The Morgan fingerprint density at radius 3 is 1.25 bits per heavy atom. The molecular weight excluding hydrogens is 496 g/mol. The zero-order valence-electron chi connectivity index (χ0n) is 26.7. The molecule has 0 aliphatic heterocycles. The van der Waals surface area contributed by atoms with Crippen molar-refractivity contribution < 1.29 is 20.1 Å². The standard InChI is InChI=1S/C36H68O4/c1-3-5-7-23-29-34(37)31-25-19-15-11-9-10-13-17-21-27-33(36(39)40)28-22-18-14-12-16-20-26-32-35(38)30-24-8-6-4-2/h19-20,25-26,33-35,37-38H,3-18,21-24,27-32H2,1-2H3,(H,39,40)/b25-19-,26-20-/t33?,34-,35-/m1/s1. The van der Waals surface area contributed by atoms with Gasteiger partial charge in [-0.15, -0.1) is 0 Å². The summed E-state index contributed by atoms with van der Waals surface area (Å²) in [7, 11) is 0. The predicted octanol–water partition coefficient (Wildman–Crippen LogP) is 10.7. The molecule has 0 radical (unpaired) electrons. The van der Waals surface area contributed by atoms with E-state index in [-0.39, 0.29) is 18.1 Å². The van der Waals surface area contributed by atoms with Gasteiger partial charge in [0.15, 0.2) is 0 Å². The van der Waals surface area contributed by atoms with E-state index < -0.39 is 5.97 Å². The van der Waals surface area contributed by atoms with Gasteiger partial charge in [0.1, 0.15) is 0 Å². The molecule has 0 aromatic rings. The van der Waals surface area contributed by atoms with E-state index in [4.69, 9.17) is 0 Å². The van der Waals surface area contributed by atoms with Gasteiger partial charge < -0.3 is 15.3 Å². The number of carboxylic acid groups (broad SMARTS) is 1. The minimum atomic E-state index is -0.617. The van der Waals surface area contributed by atoms with Gasteiger partial charge in [-0.1, -0.05) is 141 Å². The minimum absolute atomic E-state index is 0.175. The van der Waals surface area contributed by atoms with Crippen LogP contribution in [-0.2, 0) is 4.79 Å². The number of aliphatic hydroxyl groups excluding tert-OH is 2. The fourth-order valence-electron chi connectivity index (χ4n) is 5.35. The van der Waals surface area contributed by atoms with E-state index in [1.165, 1.54) is 64.2 Å². The third-order valence-electron chi connectivity index (χ3n) is 8.13. The maximum Gasteiger partial charge on any atom is 0.306 e. The highest BCUT2D eigenvalue weighted by Gasteiger charge is 2.16. The zero-order valence-corrected chi connectivity index (χ0v) is 26.7. The lowest BCUT2D eigenvalue weighted by molar-refractivity contribution is -0.142. The number of carbonyl (C=O) groups is 1. The third kappa shape index (κ3) is 28.4. The van der Waals surface area contributed by atoms with E-state index in [0.717, 1.165) is 103 Å².